The first-order valence-electron chi connectivity index (χ1n) is 8.09. The number of aryl methyl sites for hydroxylation is 2. The molecule has 0 bridgehead atoms. The van der Waals surface area contributed by atoms with Crippen molar-refractivity contribution in [1.82, 2.24) is 15.1 Å². The van der Waals surface area contributed by atoms with E-state index in [1.807, 2.05) is 0 Å². The maximum Gasteiger partial charge on any atom is 0.267 e. The summed E-state index contributed by atoms with van der Waals surface area (Å²) in [6.07, 6.45) is 8.52. The van der Waals surface area contributed by atoms with Crippen molar-refractivity contribution in [2.24, 2.45) is 5.92 Å². The molecule has 5 nitrogen and oxygen atoms in total. The Morgan fingerprint density at radius 2 is 2.10 bits per heavy atom. The summed E-state index contributed by atoms with van der Waals surface area (Å²) in [6, 6.07) is 1.70. The number of hydrogen-bond donors (Lipinski definition) is 1. The summed E-state index contributed by atoms with van der Waals surface area (Å²) in [7, 11) is 0. The molecule has 0 spiro atoms. The number of nitrogens with zero attached hydrogens (tertiary/aromatic N) is 2. The highest BCUT2D eigenvalue weighted by Crippen LogP contribution is 2.27. The molecule has 3 rings (SSSR count). The highest BCUT2D eigenvalue weighted by molar-refractivity contribution is 5.76. The predicted octanol–water partition coefficient (Wildman–Crippen LogP) is 1.43. The molecular weight excluding hydrogens is 266 g/mol. The lowest BCUT2D eigenvalue weighted by atomic mass is 10.0. The van der Waals surface area contributed by atoms with Gasteiger partial charge in [0.15, 0.2) is 0 Å². The smallest absolute Gasteiger partial charge is 0.267 e. The van der Waals surface area contributed by atoms with Crippen LogP contribution in [0.4, 0.5) is 0 Å². The Morgan fingerprint density at radius 1 is 1.29 bits per heavy atom. The summed E-state index contributed by atoms with van der Waals surface area (Å²) in [4.78, 5) is 23.8. The van der Waals surface area contributed by atoms with Crippen LogP contribution in [0, 0.1) is 5.92 Å². The quantitative estimate of drug-likeness (QED) is 0.892. The molecule has 0 aromatic carbocycles. The minimum absolute atomic E-state index is 0.0549. The van der Waals surface area contributed by atoms with Crippen LogP contribution in [0.25, 0.3) is 0 Å². The zero-order chi connectivity index (χ0) is 14.7. The summed E-state index contributed by atoms with van der Waals surface area (Å²) in [5.74, 6) is 0.668. The third kappa shape index (κ3) is 3.52. The zero-order valence-electron chi connectivity index (χ0n) is 12.4. The number of hydrogen-bond acceptors (Lipinski definition) is 3. The van der Waals surface area contributed by atoms with Crippen LogP contribution in [-0.2, 0) is 24.2 Å². The van der Waals surface area contributed by atoms with Gasteiger partial charge in [-0.15, -0.1) is 0 Å². The van der Waals surface area contributed by atoms with Crippen LogP contribution in [0.1, 0.15) is 49.8 Å². The van der Waals surface area contributed by atoms with E-state index in [2.05, 4.69) is 10.4 Å². The van der Waals surface area contributed by atoms with Crippen molar-refractivity contribution in [2.45, 2.75) is 57.9 Å². The molecule has 0 aliphatic heterocycles. The molecule has 1 N–H and O–H groups in total. The minimum atomic E-state index is -0.0549. The SMILES string of the molecule is O=C(CC1CCCC1)NCCn1nc2c(cc1=O)CCC2. The van der Waals surface area contributed by atoms with Gasteiger partial charge in [-0.05, 0) is 43.6 Å². The van der Waals surface area contributed by atoms with Crippen LogP contribution >= 0.6 is 0 Å². The molecule has 0 unspecified atom stereocenters. The Labute approximate surface area is 124 Å². The number of nitrogens with one attached hydrogen (secondary N) is 1. The second kappa shape index (κ2) is 6.41. The molecule has 0 radical (unpaired) electrons. The summed E-state index contributed by atoms with van der Waals surface area (Å²) >= 11 is 0. The van der Waals surface area contributed by atoms with E-state index >= 15 is 0 Å². The van der Waals surface area contributed by atoms with E-state index in [4.69, 9.17) is 0 Å². The predicted molar refractivity (Wildman–Crippen MR) is 80.1 cm³/mol. The van der Waals surface area contributed by atoms with Gasteiger partial charge in [0.05, 0.1) is 12.2 Å². The molecule has 5 heteroatoms. The number of carbonyl (C=O) groups excluding carboxylic acids is 1. The first-order chi connectivity index (χ1) is 10.2. The first kappa shape index (κ1) is 14.3. The van der Waals surface area contributed by atoms with Crippen molar-refractivity contribution in [2.75, 3.05) is 6.54 Å². The van der Waals surface area contributed by atoms with Crippen LogP contribution in [0.15, 0.2) is 10.9 Å². The van der Waals surface area contributed by atoms with Gasteiger partial charge < -0.3 is 5.32 Å². The average Bonchev–Trinajstić information content (AvgIpc) is 3.10. The van der Waals surface area contributed by atoms with Gasteiger partial charge in [-0.3, -0.25) is 9.59 Å². The molecule has 2 aliphatic rings. The van der Waals surface area contributed by atoms with Crippen molar-refractivity contribution in [3.05, 3.63) is 27.7 Å². The van der Waals surface area contributed by atoms with Gasteiger partial charge in [0.2, 0.25) is 5.91 Å². The maximum atomic E-state index is 11.9. The summed E-state index contributed by atoms with van der Waals surface area (Å²) in [6.45, 7) is 0.944. The van der Waals surface area contributed by atoms with Crippen LogP contribution in [0.5, 0.6) is 0 Å². The maximum absolute atomic E-state index is 11.9. The lowest BCUT2D eigenvalue weighted by molar-refractivity contribution is -0.122. The van der Waals surface area contributed by atoms with E-state index in [9.17, 15) is 9.59 Å². The zero-order valence-corrected chi connectivity index (χ0v) is 12.4. The molecule has 1 aromatic rings. The van der Waals surface area contributed by atoms with Crippen molar-refractivity contribution in [3.8, 4) is 0 Å². The number of aromatic nitrogens is 2. The van der Waals surface area contributed by atoms with Crippen molar-refractivity contribution < 1.29 is 4.79 Å². The molecule has 1 saturated carbocycles. The largest absolute Gasteiger partial charge is 0.354 e. The Balaban J connectivity index is 1.49. The molecule has 114 valence electrons. The van der Waals surface area contributed by atoms with E-state index in [0.717, 1.165) is 30.5 Å². The van der Waals surface area contributed by atoms with Crippen LogP contribution < -0.4 is 10.9 Å². The second-order valence-corrected chi connectivity index (χ2v) is 6.24. The summed E-state index contributed by atoms with van der Waals surface area (Å²) < 4.78 is 1.49. The summed E-state index contributed by atoms with van der Waals surface area (Å²) in [5.41, 5.74) is 2.09. The van der Waals surface area contributed by atoms with Crippen LogP contribution in [0.3, 0.4) is 0 Å². The Morgan fingerprint density at radius 3 is 2.90 bits per heavy atom. The molecule has 2 aliphatic carbocycles. The Kier molecular flexibility index (Phi) is 4.36. The normalized spacial score (nSPS) is 17.9. The highest BCUT2D eigenvalue weighted by atomic mass is 16.1. The topological polar surface area (TPSA) is 64.0 Å². The van der Waals surface area contributed by atoms with E-state index in [0.29, 0.717) is 25.4 Å². The molecule has 0 saturated heterocycles. The van der Waals surface area contributed by atoms with E-state index in [-0.39, 0.29) is 11.5 Å². The number of fused-ring (bicyclic) bond motifs is 1. The third-order valence-electron chi connectivity index (χ3n) is 4.62. The Bertz CT molecular complexity index is 573. The third-order valence-corrected chi connectivity index (χ3v) is 4.62. The molecule has 21 heavy (non-hydrogen) atoms. The standard InChI is InChI=1S/C16H23N3O2/c20-15(10-12-4-1-2-5-12)17-8-9-19-16(21)11-13-6-3-7-14(13)18-19/h11-12H,1-10H2,(H,17,20). The van der Waals surface area contributed by atoms with Crippen LogP contribution in [-0.4, -0.2) is 22.2 Å². The Hall–Kier alpha value is -1.65. The lowest BCUT2D eigenvalue weighted by Crippen LogP contribution is -2.33. The van der Waals surface area contributed by atoms with Crippen LogP contribution in [0.2, 0.25) is 0 Å². The minimum Gasteiger partial charge on any atom is -0.354 e. The fourth-order valence-electron chi connectivity index (χ4n) is 3.45. The monoisotopic (exact) mass is 289 g/mol. The van der Waals surface area contributed by atoms with Crippen molar-refractivity contribution in [1.29, 1.82) is 0 Å². The van der Waals surface area contributed by atoms with Gasteiger partial charge in [-0.2, -0.15) is 5.10 Å². The molecular formula is C16H23N3O2. The first-order valence-corrected chi connectivity index (χ1v) is 8.09. The van der Waals surface area contributed by atoms with Gasteiger partial charge in [0.25, 0.3) is 5.56 Å². The van der Waals surface area contributed by atoms with E-state index in [1.54, 1.807) is 6.07 Å². The van der Waals surface area contributed by atoms with E-state index in [1.165, 1.54) is 30.4 Å². The molecule has 0 atom stereocenters. The number of rotatable bonds is 5. The van der Waals surface area contributed by atoms with Crippen molar-refractivity contribution >= 4 is 5.91 Å². The van der Waals surface area contributed by atoms with Gasteiger partial charge in [0.1, 0.15) is 0 Å². The van der Waals surface area contributed by atoms with Gasteiger partial charge >= 0.3 is 0 Å². The van der Waals surface area contributed by atoms with E-state index < -0.39 is 0 Å². The second-order valence-electron chi connectivity index (χ2n) is 6.24. The number of carbonyl (C=O) groups is 1. The average molecular weight is 289 g/mol. The van der Waals surface area contributed by atoms with Gasteiger partial charge in [0, 0.05) is 19.0 Å². The fraction of sp³-hybridized carbons (Fsp3) is 0.688. The van der Waals surface area contributed by atoms with Gasteiger partial charge in [-0.25, -0.2) is 4.68 Å². The highest BCUT2D eigenvalue weighted by Gasteiger charge is 2.18. The molecule has 1 aromatic heterocycles. The summed E-state index contributed by atoms with van der Waals surface area (Å²) in [5, 5.41) is 7.32. The number of amides is 1. The molecule has 1 amide bonds. The molecule has 1 heterocycles. The van der Waals surface area contributed by atoms with Gasteiger partial charge in [-0.1, -0.05) is 12.8 Å². The molecule has 1 fully saturated rings. The lowest BCUT2D eigenvalue weighted by Gasteiger charge is -2.10. The van der Waals surface area contributed by atoms with Crippen molar-refractivity contribution in [3.63, 3.8) is 0 Å². The fourth-order valence-corrected chi connectivity index (χ4v) is 3.45.